The molecule has 2 rings (SSSR count). The highest BCUT2D eigenvalue weighted by molar-refractivity contribution is 7.91. The Balaban J connectivity index is 2.19. The minimum absolute atomic E-state index is 0.304. The second-order valence-electron chi connectivity index (χ2n) is 3.70. The molecule has 0 aliphatic rings. The van der Waals surface area contributed by atoms with Crippen LogP contribution in [0.1, 0.15) is 5.56 Å². The molecule has 0 bridgehead atoms. The molecule has 2 aromatic carbocycles. The zero-order chi connectivity index (χ0) is 13.0. The molecule has 0 heterocycles. The van der Waals surface area contributed by atoms with Crippen molar-refractivity contribution in [3.63, 3.8) is 0 Å². The van der Waals surface area contributed by atoms with Crippen LogP contribution in [0.4, 0.5) is 0 Å². The first kappa shape index (κ1) is 12.9. The molecular weight excluding hydrogens is 267 g/mol. The Hall–Kier alpha value is -1.50. The number of halogens is 1. The van der Waals surface area contributed by atoms with E-state index in [1.807, 2.05) is 36.4 Å². The molecule has 0 saturated carbocycles. The van der Waals surface area contributed by atoms with Gasteiger partial charge >= 0.3 is 6.72 Å². The van der Waals surface area contributed by atoms with Crippen molar-refractivity contribution in [2.75, 3.05) is 0 Å². The fraction of sp³-hybridized carbons (Fsp3) is 0. The summed E-state index contributed by atoms with van der Waals surface area (Å²) >= 11 is 5.98. The summed E-state index contributed by atoms with van der Waals surface area (Å²) < 4.78 is 17.6. The van der Waals surface area contributed by atoms with Crippen LogP contribution < -0.4 is 5.30 Å². The van der Waals surface area contributed by atoms with E-state index in [-0.39, 0.29) is 0 Å². The van der Waals surface area contributed by atoms with Gasteiger partial charge in [-0.15, -0.1) is 0 Å². The zero-order valence-electron chi connectivity index (χ0n) is 9.62. The molecule has 2 nitrogen and oxygen atoms in total. The molecule has 0 N–H and O–H groups in total. The van der Waals surface area contributed by atoms with Crippen LogP contribution in [0, 0.1) is 0 Å². The van der Waals surface area contributed by atoms with Crippen molar-refractivity contribution in [1.29, 1.82) is 0 Å². The third-order valence-electron chi connectivity index (χ3n) is 2.39. The first-order chi connectivity index (χ1) is 8.59. The second-order valence-corrected chi connectivity index (χ2v) is 6.69. The molecule has 1 atom stereocenters. The van der Waals surface area contributed by atoms with E-state index in [9.17, 15) is 4.57 Å². The van der Waals surface area contributed by atoms with Crippen molar-refractivity contribution < 1.29 is 9.09 Å². The highest BCUT2D eigenvalue weighted by atomic mass is 35.7. The minimum Gasteiger partial charge on any atom is -0.430 e. The van der Waals surface area contributed by atoms with Crippen LogP contribution in [0.3, 0.4) is 0 Å². The van der Waals surface area contributed by atoms with Crippen LogP contribution in [0.2, 0.25) is 0 Å². The lowest BCUT2D eigenvalue weighted by molar-refractivity contribution is 0.487. The molecule has 0 amide bonds. The van der Waals surface area contributed by atoms with E-state index in [0.29, 0.717) is 11.1 Å². The molecule has 18 heavy (non-hydrogen) atoms. The summed E-state index contributed by atoms with van der Waals surface area (Å²) in [6.07, 6.45) is 0. The number of benzene rings is 2. The van der Waals surface area contributed by atoms with Crippen molar-refractivity contribution in [1.82, 2.24) is 0 Å². The molecule has 0 aliphatic heterocycles. The van der Waals surface area contributed by atoms with Crippen LogP contribution >= 0.6 is 18.0 Å². The summed E-state index contributed by atoms with van der Waals surface area (Å²) in [4.78, 5) is 0. The van der Waals surface area contributed by atoms with Crippen LogP contribution in [-0.4, -0.2) is 0 Å². The van der Waals surface area contributed by atoms with E-state index in [1.54, 1.807) is 24.3 Å². The summed E-state index contributed by atoms with van der Waals surface area (Å²) in [6, 6.07) is 17.9. The van der Waals surface area contributed by atoms with Gasteiger partial charge in [0, 0.05) is 5.56 Å². The van der Waals surface area contributed by atoms with Crippen molar-refractivity contribution in [2.24, 2.45) is 0 Å². The Kier molecular flexibility index (Phi) is 3.90. The Labute approximate surface area is 111 Å². The lowest BCUT2D eigenvalue weighted by atomic mass is 10.2. The fourth-order valence-electron chi connectivity index (χ4n) is 1.48. The van der Waals surface area contributed by atoms with Gasteiger partial charge in [0.2, 0.25) is 0 Å². The van der Waals surface area contributed by atoms with Crippen molar-refractivity contribution in [3.05, 3.63) is 72.8 Å². The summed E-state index contributed by atoms with van der Waals surface area (Å²) in [5.41, 5.74) is 0.759. The molecule has 92 valence electrons. The van der Waals surface area contributed by atoms with E-state index >= 15 is 0 Å². The summed E-state index contributed by atoms with van der Waals surface area (Å²) in [5.74, 6) is 0.304. The van der Waals surface area contributed by atoms with E-state index in [1.165, 1.54) is 0 Å². The highest BCUT2D eigenvalue weighted by Gasteiger charge is 2.24. The van der Waals surface area contributed by atoms with Gasteiger partial charge in [-0.05, 0) is 23.4 Å². The summed E-state index contributed by atoms with van der Waals surface area (Å²) in [5, 5.41) is 0.462. The van der Waals surface area contributed by atoms with E-state index in [4.69, 9.17) is 15.8 Å². The minimum atomic E-state index is -3.39. The standard InChI is InChI=1S/C14H12ClO2P/c1-12(13-8-4-2-5-9-13)17-18(15,16)14-10-6-3-7-11-14/h2-11H,1H2. The van der Waals surface area contributed by atoms with Gasteiger partial charge in [0.25, 0.3) is 0 Å². The Morgan fingerprint density at radius 2 is 1.50 bits per heavy atom. The molecule has 0 radical (unpaired) electrons. The number of hydrogen-bond donors (Lipinski definition) is 0. The van der Waals surface area contributed by atoms with Crippen molar-refractivity contribution in [3.8, 4) is 0 Å². The maximum atomic E-state index is 12.3. The van der Waals surface area contributed by atoms with Crippen LogP contribution in [0.25, 0.3) is 5.76 Å². The van der Waals surface area contributed by atoms with Crippen LogP contribution in [0.5, 0.6) is 0 Å². The first-order valence-electron chi connectivity index (χ1n) is 5.39. The van der Waals surface area contributed by atoms with Gasteiger partial charge in [0.15, 0.2) is 0 Å². The monoisotopic (exact) mass is 278 g/mol. The van der Waals surface area contributed by atoms with E-state index in [0.717, 1.165) is 5.56 Å². The largest absolute Gasteiger partial charge is 0.430 e. The van der Waals surface area contributed by atoms with Gasteiger partial charge in [0.05, 0.1) is 5.30 Å². The third kappa shape index (κ3) is 3.04. The zero-order valence-corrected chi connectivity index (χ0v) is 11.3. The van der Waals surface area contributed by atoms with E-state index < -0.39 is 6.72 Å². The lowest BCUT2D eigenvalue weighted by Crippen LogP contribution is -2.02. The molecule has 1 unspecified atom stereocenters. The average molecular weight is 279 g/mol. The van der Waals surface area contributed by atoms with Gasteiger partial charge in [-0.3, -0.25) is 4.57 Å². The molecule has 2 aromatic rings. The lowest BCUT2D eigenvalue weighted by Gasteiger charge is -2.14. The SMILES string of the molecule is C=C(OP(=O)(Cl)c1ccccc1)c1ccccc1. The van der Waals surface area contributed by atoms with E-state index in [2.05, 4.69) is 6.58 Å². The first-order valence-corrected chi connectivity index (χ1v) is 7.92. The molecule has 0 saturated heterocycles. The maximum absolute atomic E-state index is 12.3. The van der Waals surface area contributed by atoms with Gasteiger partial charge in [-0.1, -0.05) is 55.1 Å². The van der Waals surface area contributed by atoms with Crippen LogP contribution in [0.15, 0.2) is 67.2 Å². The predicted octanol–water partition coefficient (Wildman–Crippen LogP) is 4.43. The maximum Gasteiger partial charge on any atom is 0.366 e. The molecular formula is C14H12ClO2P. The quantitative estimate of drug-likeness (QED) is 0.611. The highest BCUT2D eigenvalue weighted by Crippen LogP contribution is 2.53. The Morgan fingerprint density at radius 3 is 2.06 bits per heavy atom. The number of hydrogen-bond acceptors (Lipinski definition) is 2. The second kappa shape index (κ2) is 5.43. The third-order valence-corrected chi connectivity index (χ3v) is 4.55. The topological polar surface area (TPSA) is 26.3 Å². The summed E-state index contributed by atoms with van der Waals surface area (Å²) in [7, 11) is 0. The molecule has 0 aliphatic carbocycles. The van der Waals surface area contributed by atoms with Gasteiger partial charge in [0.1, 0.15) is 5.76 Å². The van der Waals surface area contributed by atoms with Gasteiger partial charge in [-0.2, -0.15) is 0 Å². The summed E-state index contributed by atoms with van der Waals surface area (Å²) in [6.45, 7) is 0.363. The molecule has 0 aromatic heterocycles. The molecule has 4 heteroatoms. The van der Waals surface area contributed by atoms with Gasteiger partial charge in [-0.25, -0.2) is 0 Å². The predicted molar refractivity (Wildman–Crippen MR) is 76.1 cm³/mol. The fourth-order valence-corrected chi connectivity index (χ4v) is 3.09. The number of rotatable bonds is 4. The van der Waals surface area contributed by atoms with Crippen molar-refractivity contribution in [2.45, 2.75) is 0 Å². The normalized spacial score (nSPS) is 13.6. The van der Waals surface area contributed by atoms with Gasteiger partial charge < -0.3 is 4.52 Å². The van der Waals surface area contributed by atoms with Crippen LogP contribution in [-0.2, 0) is 9.09 Å². The molecule has 0 spiro atoms. The molecule has 0 fully saturated rings. The Morgan fingerprint density at radius 1 is 1.00 bits per heavy atom. The Bertz CT molecular complexity index is 581. The smallest absolute Gasteiger partial charge is 0.366 e. The van der Waals surface area contributed by atoms with Crippen molar-refractivity contribution >= 4 is 29.0 Å². The average Bonchev–Trinajstić information content (AvgIpc) is 2.40.